The highest BCUT2D eigenvalue weighted by atomic mass is 16.6. The summed E-state index contributed by atoms with van der Waals surface area (Å²) >= 11 is 0. The van der Waals surface area contributed by atoms with E-state index in [1.165, 1.54) is 11.1 Å². The van der Waals surface area contributed by atoms with E-state index in [0.717, 1.165) is 31.3 Å². The van der Waals surface area contributed by atoms with Crippen LogP contribution < -0.4 is 0 Å². The number of ether oxygens (including phenoxy) is 1. The van der Waals surface area contributed by atoms with Crippen molar-refractivity contribution in [3.8, 4) is 0 Å². The van der Waals surface area contributed by atoms with Gasteiger partial charge >= 0.3 is 0 Å². The third-order valence-corrected chi connectivity index (χ3v) is 5.26. The summed E-state index contributed by atoms with van der Waals surface area (Å²) in [5, 5.41) is 10.3. The van der Waals surface area contributed by atoms with E-state index in [1.807, 2.05) is 6.92 Å². The van der Waals surface area contributed by atoms with E-state index in [1.54, 1.807) is 0 Å². The highest BCUT2D eigenvalue weighted by molar-refractivity contribution is 5.22. The molecule has 1 saturated heterocycles. The summed E-state index contributed by atoms with van der Waals surface area (Å²) in [7, 11) is 0. The van der Waals surface area contributed by atoms with Crippen LogP contribution >= 0.6 is 0 Å². The molecule has 0 aromatic carbocycles. The van der Waals surface area contributed by atoms with Gasteiger partial charge in [-0.05, 0) is 64.4 Å². The number of aliphatic hydroxyl groups is 1. The number of hydrogen-bond donors (Lipinski definition) is 1. The minimum Gasteiger partial charge on any atom is -0.388 e. The predicted octanol–water partition coefficient (Wildman–Crippen LogP) is 4.94. The lowest BCUT2D eigenvalue weighted by molar-refractivity contribution is 0.214. The Kier molecular flexibility index (Phi) is 5.68. The zero-order valence-electron chi connectivity index (χ0n) is 14.9. The van der Waals surface area contributed by atoms with Crippen molar-refractivity contribution in [1.82, 2.24) is 0 Å². The SMILES string of the molecule is C/C1=C/C=C(\C(C)C)CCC2(C)OC2CC/C(C)=C/CC1O. The van der Waals surface area contributed by atoms with Crippen LogP contribution in [0.2, 0.25) is 0 Å². The smallest absolute Gasteiger partial charge is 0.0923 e. The average molecular weight is 304 g/mol. The molecule has 0 spiro atoms. The standard InChI is InChI=1S/C20H32O2/c1-14(2)17-9-8-16(4)18(21)10-6-15(3)7-11-19-20(5,22-19)13-12-17/h6,8-9,14,18-19,21H,7,10-13H2,1-5H3/b15-6+,16-8-,17-9-. The molecule has 3 atom stereocenters. The normalized spacial score (nSPS) is 41.3. The quantitative estimate of drug-likeness (QED) is 0.549. The van der Waals surface area contributed by atoms with Crippen molar-refractivity contribution in [2.24, 2.45) is 5.92 Å². The maximum atomic E-state index is 10.3. The molecule has 2 heteroatoms. The highest BCUT2D eigenvalue weighted by Gasteiger charge is 2.50. The van der Waals surface area contributed by atoms with E-state index in [-0.39, 0.29) is 11.7 Å². The molecule has 1 fully saturated rings. The average Bonchev–Trinajstić information content (AvgIpc) is 3.11. The Balaban J connectivity index is 2.19. The molecule has 0 radical (unpaired) electrons. The van der Waals surface area contributed by atoms with Gasteiger partial charge in [-0.15, -0.1) is 0 Å². The zero-order chi connectivity index (χ0) is 16.3. The first kappa shape index (κ1) is 17.5. The second-order valence-electron chi connectivity index (χ2n) is 7.57. The second kappa shape index (κ2) is 7.14. The lowest BCUT2D eigenvalue weighted by Gasteiger charge is -2.15. The largest absolute Gasteiger partial charge is 0.388 e. The molecule has 3 unspecified atom stereocenters. The van der Waals surface area contributed by atoms with Gasteiger partial charge in [0.25, 0.3) is 0 Å². The van der Waals surface area contributed by atoms with E-state index in [4.69, 9.17) is 4.74 Å². The molecule has 0 bridgehead atoms. The van der Waals surface area contributed by atoms with Gasteiger partial charge in [0.1, 0.15) is 0 Å². The van der Waals surface area contributed by atoms with Gasteiger partial charge < -0.3 is 9.84 Å². The summed E-state index contributed by atoms with van der Waals surface area (Å²) in [6.45, 7) is 10.9. The van der Waals surface area contributed by atoms with Gasteiger partial charge in [0.15, 0.2) is 0 Å². The lowest BCUT2D eigenvalue weighted by Crippen LogP contribution is -2.12. The molecule has 0 aromatic rings. The minimum atomic E-state index is -0.370. The molecule has 1 aliphatic heterocycles. The van der Waals surface area contributed by atoms with Gasteiger partial charge in [-0.2, -0.15) is 0 Å². The molecule has 124 valence electrons. The molecule has 0 aromatic heterocycles. The molecule has 2 nitrogen and oxygen atoms in total. The first-order chi connectivity index (χ1) is 10.3. The third-order valence-electron chi connectivity index (χ3n) is 5.26. The van der Waals surface area contributed by atoms with Crippen LogP contribution in [0.3, 0.4) is 0 Å². The van der Waals surface area contributed by atoms with Gasteiger partial charge in [-0.25, -0.2) is 0 Å². The number of fused-ring (bicyclic) bond motifs is 1. The molecule has 1 N–H and O–H groups in total. The Morgan fingerprint density at radius 2 is 1.95 bits per heavy atom. The van der Waals surface area contributed by atoms with Crippen molar-refractivity contribution in [3.63, 3.8) is 0 Å². The fourth-order valence-corrected chi connectivity index (χ4v) is 3.14. The summed E-state index contributed by atoms with van der Waals surface area (Å²) in [6.07, 6.45) is 11.6. The van der Waals surface area contributed by atoms with E-state index < -0.39 is 0 Å². The summed E-state index contributed by atoms with van der Waals surface area (Å²) in [4.78, 5) is 0. The summed E-state index contributed by atoms with van der Waals surface area (Å²) in [6, 6.07) is 0. The Morgan fingerprint density at radius 1 is 1.23 bits per heavy atom. The number of aliphatic hydroxyl groups excluding tert-OH is 1. The summed E-state index contributed by atoms with van der Waals surface area (Å²) in [5.74, 6) is 0.539. The topological polar surface area (TPSA) is 32.8 Å². The Labute approximate surface area is 136 Å². The molecule has 0 amide bonds. The van der Waals surface area contributed by atoms with Gasteiger partial charge in [0, 0.05) is 0 Å². The van der Waals surface area contributed by atoms with E-state index >= 15 is 0 Å². The Hall–Kier alpha value is -0.860. The van der Waals surface area contributed by atoms with E-state index in [2.05, 4.69) is 45.9 Å². The summed E-state index contributed by atoms with van der Waals surface area (Å²) in [5.41, 5.74) is 3.94. The number of epoxide rings is 1. The molecule has 1 heterocycles. The summed E-state index contributed by atoms with van der Waals surface area (Å²) < 4.78 is 5.98. The fourth-order valence-electron chi connectivity index (χ4n) is 3.14. The van der Waals surface area contributed by atoms with E-state index in [0.29, 0.717) is 18.4 Å². The van der Waals surface area contributed by atoms with Crippen molar-refractivity contribution in [3.05, 3.63) is 34.9 Å². The van der Waals surface area contributed by atoms with Gasteiger partial charge in [0.2, 0.25) is 0 Å². The van der Waals surface area contributed by atoms with Crippen molar-refractivity contribution < 1.29 is 9.84 Å². The van der Waals surface area contributed by atoms with Gasteiger partial charge in [-0.1, -0.05) is 43.2 Å². The third kappa shape index (κ3) is 4.57. The van der Waals surface area contributed by atoms with Crippen LogP contribution in [0.1, 0.15) is 66.7 Å². The Bertz CT molecular complexity index is 484. The van der Waals surface area contributed by atoms with Crippen molar-refractivity contribution in [1.29, 1.82) is 0 Å². The highest BCUT2D eigenvalue weighted by Crippen LogP contribution is 2.44. The van der Waals surface area contributed by atoms with Crippen molar-refractivity contribution in [2.75, 3.05) is 0 Å². The monoisotopic (exact) mass is 304 g/mol. The van der Waals surface area contributed by atoms with Crippen LogP contribution in [0, 0.1) is 5.92 Å². The number of rotatable bonds is 1. The van der Waals surface area contributed by atoms with Crippen LogP contribution in [-0.4, -0.2) is 22.9 Å². The first-order valence-electron chi connectivity index (χ1n) is 8.70. The van der Waals surface area contributed by atoms with Gasteiger partial charge in [0.05, 0.1) is 17.8 Å². The van der Waals surface area contributed by atoms with Crippen LogP contribution in [-0.2, 0) is 4.74 Å². The molecule has 0 saturated carbocycles. The molecule has 2 rings (SSSR count). The first-order valence-corrected chi connectivity index (χ1v) is 8.70. The van der Waals surface area contributed by atoms with Crippen LogP contribution in [0.25, 0.3) is 0 Å². The van der Waals surface area contributed by atoms with Crippen LogP contribution in [0.4, 0.5) is 0 Å². The maximum absolute atomic E-state index is 10.3. The minimum absolute atomic E-state index is 0.0800. The van der Waals surface area contributed by atoms with Crippen molar-refractivity contribution >= 4 is 0 Å². The maximum Gasteiger partial charge on any atom is 0.0923 e. The Morgan fingerprint density at radius 3 is 2.64 bits per heavy atom. The molecule has 2 aliphatic rings. The number of allylic oxidation sites excluding steroid dienone is 4. The van der Waals surface area contributed by atoms with Crippen LogP contribution in [0.15, 0.2) is 34.9 Å². The molecular weight excluding hydrogens is 272 g/mol. The van der Waals surface area contributed by atoms with Gasteiger partial charge in [-0.3, -0.25) is 0 Å². The number of hydrogen-bond acceptors (Lipinski definition) is 2. The molecular formula is C20H32O2. The van der Waals surface area contributed by atoms with E-state index in [9.17, 15) is 5.11 Å². The molecule has 22 heavy (non-hydrogen) atoms. The predicted molar refractivity (Wildman–Crippen MR) is 92.8 cm³/mol. The fraction of sp³-hybridized carbons (Fsp3) is 0.700. The second-order valence-corrected chi connectivity index (χ2v) is 7.57. The molecule has 1 aliphatic carbocycles. The van der Waals surface area contributed by atoms with Crippen LogP contribution in [0.5, 0.6) is 0 Å². The lowest BCUT2D eigenvalue weighted by atomic mass is 9.90. The van der Waals surface area contributed by atoms with Crippen molar-refractivity contribution in [2.45, 2.75) is 84.5 Å². The zero-order valence-corrected chi connectivity index (χ0v) is 14.9.